The number of hydrogen-bond donors (Lipinski definition) is 1. The summed E-state index contributed by atoms with van der Waals surface area (Å²) in [7, 11) is 1.59. The summed E-state index contributed by atoms with van der Waals surface area (Å²) in [6.45, 7) is 6.74. The zero-order chi connectivity index (χ0) is 12.3. The van der Waals surface area contributed by atoms with Gasteiger partial charge in [0, 0.05) is 19.6 Å². The van der Waals surface area contributed by atoms with Crippen LogP contribution in [-0.2, 0) is 9.47 Å². The molecule has 0 aliphatic carbocycles. The molecule has 16 heavy (non-hydrogen) atoms. The first-order valence-corrected chi connectivity index (χ1v) is 5.48. The van der Waals surface area contributed by atoms with Gasteiger partial charge < -0.3 is 19.5 Å². The van der Waals surface area contributed by atoms with Gasteiger partial charge in [-0.15, -0.1) is 0 Å². The van der Waals surface area contributed by atoms with Gasteiger partial charge in [0.15, 0.2) is 0 Å². The van der Waals surface area contributed by atoms with E-state index in [1.807, 2.05) is 20.8 Å². The maximum atomic E-state index is 11.7. The van der Waals surface area contributed by atoms with Crippen LogP contribution in [0, 0.1) is 5.92 Å². The second kappa shape index (κ2) is 5.01. The van der Waals surface area contributed by atoms with Crippen molar-refractivity contribution in [3.05, 3.63) is 0 Å². The Bertz CT molecular complexity index is 249. The van der Waals surface area contributed by atoms with Gasteiger partial charge in [0.1, 0.15) is 5.60 Å². The highest BCUT2D eigenvalue weighted by atomic mass is 16.6. The molecule has 1 fully saturated rings. The van der Waals surface area contributed by atoms with Crippen LogP contribution in [-0.4, -0.2) is 54.6 Å². The van der Waals surface area contributed by atoms with E-state index in [0.717, 1.165) is 0 Å². The molecule has 5 heteroatoms. The van der Waals surface area contributed by atoms with E-state index in [-0.39, 0.29) is 12.0 Å². The Morgan fingerprint density at radius 2 is 2.06 bits per heavy atom. The Kier molecular flexibility index (Phi) is 4.15. The number of nitrogens with zero attached hydrogens (tertiary/aromatic N) is 1. The fraction of sp³-hybridized carbons (Fsp3) is 0.909. The van der Waals surface area contributed by atoms with Crippen molar-refractivity contribution >= 4 is 6.09 Å². The van der Waals surface area contributed by atoms with Crippen LogP contribution in [0.15, 0.2) is 0 Å². The van der Waals surface area contributed by atoms with Crippen molar-refractivity contribution in [3.63, 3.8) is 0 Å². The third-order valence-corrected chi connectivity index (χ3v) is 2.44. The molecule has 2 atom stereocenters. The zero-order valence-electron chi connectivity index (χ0n) is 10.4. The van der Waals surface area contributed by atoms with Crippen LogP contribution in [0.5, 0.6) is 0 Å². The fourth-order valence-electron chi connectivity index (χ4n) is 1.71. The third kappa shape index (κ3) is 3.64. The van der Waals surface area contributed by atoms with E-state index in [1.54, 1.807) is 7.11 Å². The zero-order valence-corrected chi connectivity index (χ0v) is 10.4. The quantitative estimate of drug-likeness (QED) is 0.765. The molecule has 0 saturated carbocycles. The highest BCUT2D eigenvalue weighted by Crippen LogP contribution is 2.20. The number of methoxy groups -OCH3 is 1. The molecule has 1 aliphatic heterocycles. The Balaban J connectivity index is 2.48. The number of aliphatic hydroxyl groups excluding tert-OH is 1. The SMILES string of the molecule is COC[C@@H]1CN(C(=O)OC(C)(C)C)C[C@H]1O. The molecule has 0 spiro atoms. The minimum Gasteiger partial charge on any atom is -0.444 e. The lowest BCUT2D eigenvalue weighted by Crippen LogP contribution is -2.35. The van der Waals surface area contributed by atoms with Gasteiger partial charge in [0.25, 0.3) is 0 Å². The van der Waals surface area contributed by atoms with Crippen molar-refractivity contribution < 1.29 is 19.4 Å². The second-order valence-electron chi connectivity index (χ2n) is 5.17. The number of carbonyl (C=O) groups excluding carboxylic acids is 1. The van der Waals surface area contributed by atoms with Crippen LogP contribution >= 0.6 is 0 Å². The van der Waals surface area contributed by atoms with Gasteiger partial charge in [-0.25, -0.2) is 4.79 Å². The predicted octanol–water partition coefficient (Wildman–Crippen LogP) is 0.861. The van der Waals surface area contributed by atoms with Crippen molar-refractivity contribution in [1.82, 2.24) is 4.90 Å². The molecule has 1 aliphatic rings. The van der Waals surface area contributed by atoms with Gasteiger partial charge in [-0.1, -0.05) is 0 Å². The van der Waals surface area contributed by atoms with Crippen LogP contribution in [0.4, 0.5) is 4.79 Å². The number of carbonyl (C=O) groups is 1. The van der Waals surface area contributed by atoms with Crippen LogP contribution < -0.4 is 0 Å². The van der Waals surface area contributed by atoms with E-state index in [9.17, 15) is 9.90 Å². The smallest absolute Gasteiger partial charge is 0.410 e. The second-order valence-corrected chi connectivity index (χ2v) is 5.17. The molecule has 0 unspecified atom stereocenters. The van der Waals surface area contributed by atoms with Crippen LogP contribution in [0.25, 0.3) is 0 Å². The van der Waals surface area contributed by atoms with Crippen molar-refractivity contribution in [1.29, 1.82) is 0 Å². The topological polar surface area (TPSA) is 59.0 Å². The minimum absolute atomic E-state index is 0.0162. The lowest BCUT2D eigenvalue weighted by atomic mass is 10.1. The van der Waals surface area contributed by atoms with Crippen molar-refractivity contribution in [2.45, 2.75) is 32.5 Å². The maximum Gasteiger partial charge on any atom is 0.410 e. The van der Waals surface area contributed by atoms with Gasteiger partial charge in [-0.2, -0.15) is 0 Å². The molecular weight excluding hydrogens is 210 g/mol. The monoisotopic (exact) mass is 231 g/mol. The Labute approximate surface area is 96.3 Å². The van der Waals surface area contributed by atoms with E-state index in [2.05, 4.69) is 0 Å². The van der Waals surface area contributed by atoms with Gasteiger partial charge in [0.2, 0.25) is 0 Å². The first kappa shape index (κ1) is 13.3. The molecule has 0 aromatic rings. The summed E-state index contributed by atoms with van der Waals surface area (Å²) in [4.78, 5) is 13.2. The standard InChI is InChI=1S/C11H21NO4/c1-11(2,3)16-10(14)12-5-8(7-15-4)9(13)6-12/h8-9,13H,5-7H2,1-4H3/t8-,9+/m0/s1. The maximum absolute atomic E-state index is 11.7. The molecule has 0 aromatic carbocycles. The average Bonchev–Trinajstić information content (AvgIpc) is 2.46. The Morgan fingerprint density at radius 3 is 2.56 bits per heavy atom. The number of amides is 1. The van der Waals surface area contributed by atoms with Crippen LogP contribution in [0.2, 0.25) is 0 Å². The first-order valence-electron chi connectivity index (χ1n) is 5.48. The Hall–Kier alpha value is -0.810. The average molecular weight is 231 g/mol. The summed E-state index contributed by atoms with van der Waals surface area (Å²) >= 11 is 0. The summed E-state index contributed by atoms with van der Waals surface area (Å²) in [5.74, 6) is -0.0162. The van der Waals surface area contributed by atoms with E-state index < -0.39 is 11.7 Å². The van der Waals surface area contributed by atoms with E-state index in [1.165, 1.54) is 4.90 Å². The summed E-state index contributed by atoms with van der Waals surface area (Å²) in [6, 6.07) is 0. The van der Waals surface area contributed by atoms with Crippen molar-refractivity contribution in [3.8, 4) is 0 Å². The molecule has 94 valence electrons. The van der Waals surface area contributed by atoms with Gasteiger partial charge >= 0.3 is 6.09 Å². The number of ether oxygens (including phenoxy) is 2. The largest absolute Gasteiger partial charge is 0.444 e. The Morgan fingerprint density at radius 1 is 1.44 bits per heavy atom. The lowest BCUT2D eigenvalue weighted by molar-refractivity contribution is 0.0269. The van der Waals surface area contributed by atoms with Crippen molar-refractivity contribution in [2.24, 2.45) is 5.92 Å². The fourth-order valence-corrected chi connectivity index (χ4v) is 1.71. The summed E-state index contributed by atoms with van der Waals surface area (Å²) in [5, 5.41) is 9.71. The lowest BCUT2D eigenvalue weighted by Gasteiger charge is -2.24. The van der Waals surface area contributed by atoms with E-state index in [0.29, 0.717) is 19.7 Å². The van der Waals surface area contributed by atoms with Gasteiger partial charge in [-0.05, 0) is 20.8 Å². The predicted molar refractivity (Wildman–Crippen MR) is 59.2 cm³/mol. The molecule has 0 radical (unpaired) electrons. The molecule has 1 N–H and O–H groups in total. The molecule has 1 heterocycles. The summed E-state index contributed by atoms with van der Waals surface area (Å²) < 4.78 is 10.2. The number of likely N-dealkylation sites (tertiary alicyclic amines) is 1. The molecule has 0 aromatic heterocycles. The van der Waals surface area contributed by atoms with Crippen molar-refractivity contribution in [2.75, 3.05) is 26.8 Å². The van der Waals surface area contributed by atoms with Crippen LogP contribution in [0.3, 0.4) is 0 Å². The number of hydrogen-bond acceptors (Lipinski definition) is 4. The minimum atomic E-state index is -0.521. The van der Waals surface area contributed by atoms with Crippen LogP contribution in [0.1, 0.15) is 20.8 Å². The molecule has 5 nitrogen and oxygen atoms in total. The molecule has 1 rings (SSSR count). The summed E-state index contributed by atoms with van der Waals surface area (Å²) in [5.41, 5.74) is -0.499. The number of aliphatic hydroxyl groups is 1. The molecule has 1 saturated heterocycles. The summed E-state index contributed by atoms with van der Waals surface area (Å²) in [6.07, 6.45) is -0.891. The third-order valence-electron chi connectivity index (χ3n) is 2.44. The highest BCUT2D eigenvalue weighted by molar-refractivity contribution is 5.68. The van der Waals surface area contributed by atoms with Gasteiger partial charge in [0.05, 0.1) is 19.3 Å². The normalized spacial score (nSPS) is 25.9. The highest BCUT2D eigenvalue weighted by Gasteiger charge is 2.35. The molecular formula is C11H21NO4. The van der Waals surface area contributed by atoms with E-state index in [4.69, 9.17) is 9.47 Å². The van der Waals surface area contributed by atoms with E-state index >= 15 is 0 Å². The molecule has 0 bridgehead atoms. The molecule has 1 amide bonds. The number of β-amino-alcohol motifs (C(OH)–C–C–N with tert-alkyl or cyclic N) is 1. The number of rotatable bonds is 2. The first-order chi connectivity index (χ1) is 7.33. The van der Waals surface area contributed by atoms with Gasteiger partial charge in [-0.3, -0.25) is 0 Å².